The Morgan fingerprint density at radius 1 is 1.53 bits per heavy atom. The second-order valence-corrected chi connectivity index (χ2v) is 4.46. The lowest BCUT2D eigenvalue weighted by molar-refractivity contribution is -0.119. The summed E-state index contributed by atoms with van der Waals surface area (Å²) in [6.45, 7) is 3.96. The third-order valence-electron chi connectivity index (χ3n) is 3.15. The van der Waals surface area contributed by atoms with Gasteiger partial charge in [-0.05, 0) is 18.1 Å². The lowest BCUT2D eigenvalue weighted by Gasteiger charge is -2.21. The molecule has 0 bridgehead atoms. The summed E-state index contributed by atoms with van der Waals surface area (Å²) in [6.07, 6.45) is 0.998. The second kappa shape index (κ2) is 5.19. The fraction of sp³-hybridized carbons (Fsp3) is 0.462. The molecule has 0 saturated carbocycles. The molecule has 1 heterocycles. The van der Waals surface area contributed by atoms with E-state index >= 15 is 0 Å². The lowest BCUT2D eigenvalue weighted by atomic mass is 10.1. The molecule has 1 aliphatic rings. The summed E-state index contributed by atoms with van der Waals surface area (Å²) >= 11 is 0. The van der Waals surface area contributed by atoms with E-state index < -0.39 is 0 Å². The number of carbonyl (C=O) groups excluding carboxylic acids is 1. The van der Waals surface area contributed by atoms with E-state index in [2.05, 4.69) is 22.3 Å². The highest BCUT2D eigenvalue weighted by Crippen LogP contribution is 2.24. The molecule has 1 unspecified atom stereocenters. The van der Waals surface area contributed by atoms with Crippen LogP contribution >= 0.6 is 0 Å². The quantitative estimate of drug-likeness (QED) is 0.814. The Labute approximate surface area is 102 Å². The molecule has 3 N–H and O–H groups in total. The minimum absolute atomic E-state index is 0.0453. The summed E-state index contributed by atoms with van der Waals surface area (Å²) in [5, 5.41) is 2.97. The Hall–Kier alpha value is -1.55. The van der Waals surface area contributed by atoms with Crippen molar-refractivity contribution in [1.29, 1.82) is 0 Å². The molecule has 0 spiro atoms. The summed E-state index contributed by atoms with van der Waals surface area (Å²) in [7, 11) is 0. The van der Waals surface area contributed by atoms with Crippen molar-refractivity contribution in [3.8, 4) is 0 Å². The number of hydrogen-bond acceptors (Lipinski definition) is 3. The molecule has 2 rings (SSSR count). The van der Waals surface area contributed by atoms with Crippen LogP contribution in [0.5, 0.6) is 0 Å². The molecule has 1 aliphatic heterocycles. The normalized spacial score (nSPS) is 19.4. The SMILES string of the molecule is CC(=O)NC1CCN(c2ccccc2CN)C1. The van der Waals surface area contributed by atoms with E-state index in [1.54, 1.807) is 6.92 Å². The molecule has 1 atom stereocenters. The van der Waals surface area contributed by atoms with E-state index in [1.807, 2.05) is 12.1 Å². The highest BCUT2D eigenvalue weighted by Gasteiger charge is 2.24. The number of nitrogens with two attached hydrogens (primary N) is 1. The van der Waals surface area contributed by atoms with Crippen LogP contribution in [-0.4, -0.2) is 25.0 Å². The average Bonchev–Trinajstić information content (AvgIpc) is 2.76. The number of para-hydroxylation sites is 1. The van der Waals surface area contributed by atoms with E-state index in [-0.39, 0.29) is 11.9 Å². The molecule has 0 radical (unpaired) electrons. The van der Waals surface area contributed by atoms with Gasteiger partial charge in [-0.2, -0.15) is 0 Å². The minimum Gasteiger partial charge on any atom is -0.369 e. The average molecular weight is 233 g/mol. The van der Waals surface area contributed by atoms with Gasteiger partial charge in [-0.3, -0.25) is 4.79 Å². The smallest absolute Gasteiger partial charge is 0.217 e. The number of benzene rings is 1. The lowest BCUT2D eigenvalue weighted by Crippen LogP contribution is -2.35. The molecule has 92 valence electrons. The molecule has 0 aliphatic carbocycles. The van der Waals surface area contributed by atoms with Crippen LogP contribution in [0.1, 0.15) is 18.9 Å². The summed E-state index contributed by atoms with van der Waals surface area (Å²) in [6, 6.07) is 8.45. The van der Waals surface area contributed by atoms with Gasteiger partial charge in [-0.15, -0.1) is 0 Å². The molecule has 17 heavy (non-hydrogen) atoms. The largest absolute Gasteiger partial charge is 0.369 e. The molecule has 4 nitrogen and oxygen atoms in total. The molecule has 1 fully saturated rings. The Morgan fingerprint density at radius 2 is 2.29 bits per heavy atom. The van der Waals surface area contributed by atoms with Gasteiger partial charge < -0.3 is 16.0 Å². The monoisotopic (exact) mass is 233 g/mol. The van der Waals surface area contributed by atoms with Crippen LogP contribution in [0.4, 0.5) is 5.69 Å². The third-order valence-corrected chi connectivity index (χ3v) is 3.15. The van der Waals surface area contributed by atoms with Gasteiger partial charge in [0, 0.05) is 38.3 Å². The van der Waals surface area contributed by atoms with E-state index in [9.17, 15) is 4.79 Å². The Kier molecular flexibility index (Phi) is 3.64. The number of amides is 1. The van der Waals surface area contributed by atoms with E-state index in [4.69, 9.17) is 5.73 Å². The van der Waals surface area contributed by atoms with Gasteiger partial charge >= 0.3 is 0 Å². The second-order valence-electron chi connectivity index (χ2n) is 4.46. The zero-order chi connectivity index (χ0) is 12.3. The van der Waals surface area contributed by atoms with Crippen LogP contribution in [0.2, 0.25) is 0 Å². The van der Waals surface area contributed by atoms with Gasteiger partial charge in [-0.25, -0.2) is 0 Å². The van der Waals surface area contributed by atoms with Crippen molar-refractivity contribution in [3.63, 3.8) is 0 Å². The Morgan fingerprint density at radius 3 is 3.00 bits per heavy atom. The molecule has 1 amide bonds. The fourth-order valence-corrected chi connectivity index (χ4v) is 2.38. The molecular weight excluding hydrogens is 214 g/mol. The van der Waals surface area contributed by atoms with Crippen molar-refractivity contribution in [2.24, 2.45) is 5.73 Å². The summed E-state index contributed by atoms with van der Waals surface area (Å²) in [5.74, 6) is 0.0453. The molecule has 4 heteroatoms. The number of hydrogen-bond donors (Lipinski definition) is 2. The summed E-state index contributed by atoms with van der Waals surface area (Å²) < 4.78 is 0. The van der Waals surface area contributed by atoms with Crippen LogP contribution in [0, 0.1) is 0 Å². The Balaban J connectivity index is 2.07. The zero-order valence-electron chi connectivity index (χ0n) is 10.1. The highest BCUT2D eigenvalue weighted by atomic mass is 16.1. The van der Waals surface area contributed by atoms with Gasteiger partial charge in [0.2, 0.25) is 5.91 Å². The van der Waals surface area contributed by atoms with Crippen molar-refractivity contribution in [3.05, 3.63) is 29.8 Å². The van der Waals surface area contributed by atoms with Gasteiger partial charge in [0.15, 0.2) is 0 Å². The molecule has 1 aromatic carbocycles. The van der Waals surface area contributed by atoms with Crippen molar-refractivity contribution >= 4 is 11.6 Å². The number of nitrogens with zero attached hydrogens (tertiary/aromatic N) is 1. The van der Waals surface area contributed by atoms with Crippen molar-refractivity contribution in [1.82, 2.24) is 5.32 Å². The van der Waals surface area contributed by atoms with Crippen molar-refractivity contribution < 1.29 is 4.79 Å². The fourth-order valence-electron chi connectivity index (χ4n) is 2.38. The minimum atomic E-state index is 0.0453. The Bertz CT molecular complexity index is 405. The predicted octanol–water partition coefficient (Wildman–Crippen LogP) is 0.860. The first-order valence-corrected chi connectivity index (χ1v) is 6.00. The van der Waals surface area contributed by atoms with Gasteiger partial charge in [0.25, 0.3) is 0 Å². The number of carbonyl (C=O) groups is 1. The standard InChI is InChI=1S/C13H19N3O/c1-10(17)15-12-6-7-16(9-12)13-5-3-2-4-11(13)8-14/h2-5,12H,6-9,14H2,1H3,(H,15,17). The molecule has 0 aromatic heterocycles. The van der Waals surface area contributed by atoms with Crippen molar-refractivity contribution in [2.75, 3.05) is 18.0 Å². The van der Waals surface area contributed by atoms with Crippen LogP contribution in [0.25, 0.3) is 0 Å². The summed E-state index contributed by atoms with van der Waals surface area (Å²) in [5.41, 5.74) is 8.10. The van der Waals surface area contributed by atoms with Crippen LogP contribution in [0.15, 0.2) is 24.3 Å². The van der Waals surface area contributed by atoms with Gasteiger partial charge in [-0.1, -0.05) is 18.2 Å². The van der Waals surface area contributed by atoms with Crippen molar-refractivity contribution in [2.45, 2.75) is 25.9 Å². The van der Waals surface area contributed by atoms with Crippen LogP contribution < -0.4 is 16.0 Å². The van der Waals surface area contributed by atoms with Crippen LogP contribution in [0.3, 0.4) is 0 Å². The maximum absolute atomic E-state index is 11.0. The molecule has 1 saturated heterocycles. The number of rotatable bonds is 3. The van der Waals surface area contributed by atoms with E-state index in [0.29, 0.717) is 6.54 Å². The highest BCUT2D eigenvalue weighted by molar-refractivity contribution is 5.73. The molecule has 1 aromatic rings. The first-order valence-electron chi connectivity index (χ1n) is 6.00. The van der Waals surface area contributed by atoms with Crippen LogP contribution in [-0.2, 0) is 11.3 Å². The number of nitrogens with one attached hydrogen (secondary N) is 1. The predicted molar refractivity (Wildman–Crippen MR) is 68.8 cm³/mol. The van der Waals surface area contributed by atoms with Gasteiger partial charge in [0.1, 0.15) is 0 Å². The van der Waals surface area contributed by atoms with E-state index in [1.165, 1.54) is 5.69 Å². The third kappa shape index (κ3) is 2.77. The molecular formula is C13H19N3O. The van der Waals surface area contributed by atoms with E-state index in [0.717, 1.165) is 25.1 Å². The maximum atomic E-state index is 11.0. The topological polar surface area (TPSA) is 58.4 Å². The van der Waals surface area contributed by atoms with Gasteiger partial charge in [0.05, 0.1) is 0 Å². The maximum Gasteiger partial charge on any atom is 0.217 e. The summed E-state index contributed by atoms with van der Waals surface area (Å²) in [4.78, 5) is 13.3. The zero-order valence-corrected chi connectivity index (χ0v) is 10.1. The first-order chi connectivity index (χ1) is 8.20. The first kappa shape index (κ1) is 11.9. The number of anilines is 1.